The Morgan fingerprint density at radius 1 is 1.08 bits per heavy atom. The van der Waals surface area contributed by atoms with E-state index in [9.17, 15) is 0 Å². The lowest BCUT2D eigenvalue weighted by molar-refractivity contribution is 1.26. The summed E-state index contributed by atoms with van der Waals surface area (Å²) in [7, 11) is 0. The molecule has 0 aliphatic carbocycles. The molecule has 4 nitrogen and oxygen atoms in total. The smallest absolute Gasteiger partial charge is 0.101 e. The third kappa shape index (κ3) is 1.55. The molecule has 1 aromatic carbocycles. The Hall–Kier alpha value is -1.52. The molecule has 2 rings (SSSR count). The van der Waals surface area contributed by atoms with E-state index < -0.39 is 0 Å². The SMILES string of the molecule is NN.Nc1cc2ccccc2[nH]1. The van der Waals surface area contributed by atoms with Crippen LogP contribution in [0.1, 0.15) is 0 Å². The zero-order valence-corrected chi connectivity index (χ0v) is 6.62. The van der Waals surface area contributed by atoms with Crippen molar-refractivity contribution < 1.29 is 0 Å². The monoisotopic (exact) mass is 164 g/mol. The largest absolute Gasteiger partial charge is 0.385 e. The van der Waals surface area contributed by atoms with Gasteiger partial charge in [-0.15, -0.1) is 0 Å². The van der Waals surface area contributed by atoms with Gasteiger partial charge in [-0.2, -0.15) is 0 Å². The predicted octanol–water partition coefficient (Wildman–Crippen LogP) is 0.569. The number of para-hydroxylation sites is 1. The first-order valence-electron chi connectivity index (χ1n) is 3.53. The van der Waals surface area contributed by atoms with Gasteiger partial charge >= 0.3 is 0 Å². The van der Waals surface area contributed by atoms with E-state index in [1.54, 1.807) is 0 Å². The Bertz CT molecular complexity index is 320. The molecule has 0 aliphatic heterocycles. The number of benzene rings is 1. The average molecular weight is 164 g/mol. The summed E-state index contributed by atoms with van der Waals surface area (Å²) in [6.07, 6.45) is 0. The Morgan fingerprint density at radius 2 is 1.75 bits per heavy atom. The van der Waals surface area contributed by atoms with Crippen LogP contribution in [0.4, 0.5) is 5.82 Å². The number of anilines is 1. The van der Waals surface area contributed by atoms with Crippen molar-refractivity contribution in [3.63, 3.8) is 0 Å². The second-order valence-electron chi connectivity index (χ2n) is 2.31. The fraction of sp³-hybridized carbons (Fsp3) is 0. The summed E-state index contributed by atoms with van der Waals surface area (Å²) in [6.45, 7) is 0. The molecule has 0 bridgehead atoms. The van der Waals surface area contributed by atoms with Gasteiger partial charge in [0.2, 0.25) is 0 Å². The molecular weight excluding hydrogens is 152 g/mol. The number of H-pyrrole nitrogens is 1. The molecule has 12 heavy (non-hydrogen) atoms. The van der Waals surface area contributed by atoms with E-state index in [4.69, 9.17) is 5.73 Å². The number of hydrogen-bond donors (Lipinski definition) is 4. The van der Waals surface area contributed by atoms with Crippen LogP contribution in [0.25, 0.3) is 10.9 Å². The first-order chi connectivity index (χ1) is 5.86. The normalized spacial score (nSPS) is 9.17. The molecule has 7 N–H and O–H groups in total. The number of fused-ring (bicyclic) bond motifs is 1. The Morgan fingerprint density at radius 3 is 2.42 bits per heavy atom. The van der Waals surface area contributed by atoms with Crippen molar-refractivity contribution in [2.45, 2.75) is 0 Å². The number of aromatic nitrogens is 1. The molecular formula is C8H12N4. The molecule has 0 saturated carbocycles. The molecule has 4 heteroatoms. The average Bonchev–Trinajstić information content (AvgIpc) is 2.48. The third-order valence-corrected chi connectivity index (χ3v) is 1.55. The Balaban J connectivity index is 0.000000336. The summed E-state index contributed by atoms with van der Waals surface area (Å²) < 4.78 is 0. The summed E-state index contributed by atoms with van der Waals surface area (Å²) in [5.74, 6) is 8.72. The number of aromatic amines is 1. The molecule has 0 fully saturated rings. The van der Waals surface area contributed by atoms with Crippen LogP contribution in [0.3, 0.4) is 0 Å². The Labute approximate surface area is 70.3 Å². The van der Waals surface area contributed by atoms with Gasteiger partial charge in [-0.1, -0.05) is 18.2 Å². The maximum absolute atomic E-state index is 5.54. The molecule has 0 saturated heterocycles. The molecule has 0 radical (unpaired) electrons. The lowest BCUT2D eigenvalue weighted by Crippen LogP contribution is -2.02. The van der Waals surface area contributed by atoms with Crippen molar-refractivity contribution in [3.05, 3.63) is 30.3 Å². The minimum atomic E-state index is 0.723. The lowest BCUT2D eigenvalue weighted by atomic mass is 10.3. The van der Waals surface area contributed by atoms with E-state index in [0.717, 1.165) is 11.3 Å². The van der Waals surface area contributed by atoms with Crippen LogP contribution < -0.4 is 17.4 Å². The number of nitrogen functional groups attached to an aromatic ring is 1. The number of hydrogen-bond acceptors (Lipinski definition) is 3. The van der Waals surface area contributed by atoms with Crippen LogP contribution in [0.5, 0.6) is 0 Å². The van der Waals surface area contributed by atoms with E-state index >= 15 is 0 Å². The van der Waals surface area contributed by atoms with E-state index in [2.05, 4.69) is 16.7 Å². The van der Waals surface area contributed by atoms with Gasteiger partial charge in [-0.25, -0.2) is 0 Å². The molecule has 0 aliphatic rings. The number of rotatable bonds is 0. The van der Waals surface area contributed by atoms with Crippen molar-refractivity contribution in [2.75, 3.05) is 5.73 Å². The van der Waals surface area contributed by atoms with Gasteiger partial charge in [0.25, 0.3) is 0 Å². The van der Waals surface area contributed by atoms with Crippen LogP contribution in [-0.4, -0.2) is 4.98 Å². The second-order valence-corrected chi connectivity index (χ2v) is 2.31. The lowest BCUT2D eigenvalue weighted by Gasteiger charge is -1.83. The molecule has 2 aromatic rings. The van der Waals surface area contributed by atoms with Crippen molar-refractivity contribution in [1.82, 2.24) is 4.98 Å². The number of nitrogens with two attached hydrogens (primary N) is 3. The number of hydrazine groups is 1. The summed E-state index contributed by atoms with van der Waals surface area (Å²) >= 11 is 0. The minimum absolute atomic E-state index is 0.723. The highest BCUT2D eigenvalue weighted by atomic mass is 15.0. The van der Waals surface area contributed by atoms with Gasteiger partial charge in [0.1, 0.15) is 5.82 Å². The van der Waals surface area contributed by atoms with Crippen LogP contribution in [0.15, 0.2) is 30.3 Å². The molecule has 0 amide bonds. The zero-order valence-electron chi connectivity index (χ0n) is 6.62. The maximum Gasteiger partial charge on any atom is 0.101 e. The minimum Gasteiger partial charge on any atom is -0.385 e. The highest BCUT2D eigenvalue weighted by molar-refractivity contribution is 5.82. The van der Waals surface area contributed by atoms with Gasteiger partial charge < -0.3 is 10.7 Å². The van der Waals surface area contributed by atoms with Gasteiger partial charge in [0, 0.05) is 10.9 Å². The summed E-state index contributed by atoms with van der Waals surface area (Å²) in [5.41, 5.74) is 6.63. The molecule has 1 aromatic heterocycles. The van der Waals surface area contributed by atoms with E-state index in [1.807, 2.05) is 30.3 Å². The topological polar surface area (TPSA) is 93.8 Å². The van der Waals surface area contributed by atoms with Crippen LogP contribution in [0, 0.1) is 0 Å². The fourth-order valence-electron chi connectivity index (χ4n) is 1.10. The highest BCUT2D eigenvalue weighted by Gasteiger charge is 1.92. The standard InChI is InChI=1S/C8H8N2.H4N2/c9-8-5-6-3-1-2-4-7(6)10-8;1-2/h1-5,10H,9H2;1-2H2. The molecule has 64 valence electrons. The summed E-state index contributed by atoms with van der Waals surface area (Å²) in [6, 6.07) is 9.94. The first-order valence-corrected chi connectivity index (χ1v) is 3.53. The molecule has 0 atom stereocenters. The van der Waals surface area contributed by atoms with Crippen molar-refractivity contribution in [3.8, 4) is 0 Å². The molecule has 0 spiro atoms. The maximum atomic E-state index is 5.54. The van der Waals surface area contributed by atoms with E-state index in [1.165, 1.54) is 5.39 Å². The molecule has 0 unspecified atom stereocenters. The summed E-state index contributed by atoms with van der Waals surface area (Å²) in [4.78, 5) is 3.04. The van der Waals surface area contributed by atoms with Crippen molar-refractivity contribution in [2.24, 2.45) is 11.7 Å². The Kier molecular flexibility index (Phi) is 2.68. The van der Waals surface area contributed by atoms with Gasteiger partial charge in [-0.05, 0) is 12.1 Å². The van der Waals surface area contributed by atoms with Crippen molar-refractivity contribution in [1.29, 1.82) is 0 Å². The predicted molar refractivity (Wildman–Crippen MR) is 51.1 cm³/mol. The van der Waals surface area contributed by atoms with Gasteiger partial charge in [-0.3, -0.25) is 11.7 Å². The van der Waals surface area contributed by atoms with E-state index in [0.29, 0.717) is 0 Å². The van der Waals surface area contributed by atoms with Crippen LogP contribution >= 0.6 is 0 Å². The quantitative estimate of drug-likeness (QED) is 0.338. The first kappa shape index (κ1) is 8.58. The summed E-state index contributed by atoms with van der Waals surface area (Å²) in [5, 5.41) is 1.17. The fourth-order valence-corrected chi connectivity index (χ4v) is 1.10. The van der Waals surface area contributed by atoms with Gasteiger partial charge in [0.15, 0.2) is 0 Å². The third-order valence-electron chi connectivity index (χ3n) is 1.55. The number of nitrogens with one attached hydrogen (secondary N) is 1. The van der Waals surface area contributed by atoms with Gasteiger partial charge in [0.05, 0.1) is 0 Å². The second kappa shape index (κ2) is 3.75. The van der Waals surface area contributed by atoms with Crippen LogP contribution in [-0.2, 0) is 0 Å². The zero-order chi connectivity index (χ0) is 8.97. The van der Waals surface area contributed by atoms with E-state index in [-0.39, 0.29) is 0 Å². The molecule has 1 heterocycles. The van der Waals surface area contributed by atoms with Crippen molar-refractivity contribution >= 4 is 16.7 Å². The van der Waals surface area contributed by atoms with Crippen LogP contribution in [0.2, 0.25) is 0 Å². The highest BCUT2D eigenvalue weighted by Crippen LogP contribution is 2.14.